The molecule has 2 aromatic rings. The highest BCUT2D eigenvalue weighted by Gasteiger charge is 2.20. The maximum atomic E-state index is 14.0. The number of nitrogens with one attached hydrogen (secondary N) is 2. The third-order valence-corrected chi connectivity index (χ3v) is 5.32. The first kappa shape index (κ1) is 22.4. The third-order valence-electron chi connectivity index (χ3n) is 3.88. The minimum atomic E-state index is -4.10. The molecular weight excluding hydrogens is 399 g/mol. The van der Waals surface area contributed by atoms with Crippen LogP contribution in [0.15, 0.2) is 53.9 Å². The zero-order valence-corrected chi connectivity index (χ0v) is 17.0. The summed E-state index contributed by atoms with van der Waals surface area (Å²) in [5, 5.41) is 2.67. The highest BCUT2D eigenvalue weighted by molar-refractivity contribution is 7.89. The summed E-state index contributed by atoms with van der Waals surface area (Å²) in [6.07, 6.45) is 1.33. The van der Waals surface area contributed by atoms with Crippen molar-refractivity contribution in [2.24, 2.45) is 0 Å². The highest BCUT2D eigenvalue weighted by Crippen LogP contribution is 2.28. The van der Waals surface area contributed by atoms with Gasteiger partial charge in [0.05, 0.1) is 13.7 Å². The number of hydrogen-bond donors (Lipinski definition) is 2. The number of carbonyl (C=O) groups is 1. The van der Waals surface area contributed by atoms with E-state index in [9.17, 15) is 17.6 Å². The average molecular weight is 422 g/mol. The number of rotatable bonds is 10. The van der Waals surface area contributed by atoms with Crippen molar-refractivity contribution < 1.29 is 27.1 Å². The lowest BCUT2D eigenvalue weighted by molar-refractivity contribution is 0.0950. The molecule has 0 heterocycles. The van der Waals surface area contributed by atoms with E-state index in [2.05, 4.69) is 16.6 Å². The SMILES string of the molecule is C=CCNS(=O)(=O)c1cc(C(=O)NCc2ccc(OCC)c(OC)c2)ccc1F. The number of amides is 1. The van der Waals surface area contributed by atoms with Crippen LogP contribution < -0.4 is 19.5 Å². The molecule has 0 fully saturated rings. The predicted molar refractivity (Wildman–Crippen MR) is 107 cm³/mol. The van der Waals surface area contributed by atoms with Crippen LogP contribution in [0.2, 0.25) is 0 Å². The standard InChI is InChI=1S/C20H23FN2O5S/c1-4-10-23-29(25,26)19-12-15(7-8-16(19)21)20(24)22-13-14-6-9-17(28-5-2)18(11-14)27-3/h4,6-9,11-12,23H,1,5,10,13H2,2-3H3,(H,22,24). The molecule has 0 radical (unpaired) electrons. The van der Waals surface area contributed by atoms with Gasteiger partial charge in [-0.3, -0.25) is 4.79 Å². The van der Waals surface area contributed by atoms with E-state index in [4.69, 9.17) is 9.47 Å². The normalized spacial score (nSPS) is 11.0. The smallest absolute Gasteiger partial charge is 0.251 e. The molecule has 9 heteroatoms. The van der Waals surface area contributed by atoms with Crippen molar-refractivity contribution in [2.75, 3.05) is 20.3 Å². The molecule has 7 nitrogen and oxygen atoms in total. The van der Waals surface area contributed by atoms with Gasteiger partial charge in [0, 0.05) is 18.7 Å². The van der Waals surface area contributed by atoms with Gasteiger partial charge in [0.1, 0.15) is 10.7 Å². The summed E-state index contributed by atoms with van der Waals surface area (Å²) in [6.45, 7) is 5.86. The molecular formula is C20H23FN2O5S. The van der Waals surface area contributed by atoms with Gasteiger partial charge in [0.25, 0.3) is 5.91 Å². The Balaban J connectivity index is 2.15. The molecule has 1 amide bonds. The van der Waals surface area contributed by atoms with Crippen LogP contribution in [-0.2, 0) is 16.6 Å². The molecule has 0 atom stereocenters. The average Bonchev–Trinajstić information content (AvgIpc) is 2.71. The van der Waals surface area contributed by atoms with Gasteiger partial charge in [-0.15, -0.1) is 6.58 Å². The first-order chi connectivity index (χ1) is 13.8. The third kappa shape index (κ3) is 5.78. The first-order valence-electron chi connectivity index (χ1n) is 8.80. The summed E-state index contributed by atoms with van der Waals surface area (Å²) in [7, 11) is -2.59. The van der Waals surface area contributed by atoms with Gasteiger partial charge in [-0.05, 0) is 42.8 Å². The second-order valence-corrected chi connectivity index (χ2v) is 7.62. The second kappa shape index (κ2) is 10.0. The van der Waals surface area contributed by atoms with Gasteiger partial charge in [-0.25, -0.2) is 17.5 Å². The minimum absolute atomic E-state index is 0.0169. The molecule has 0 unspecified atom stereocenters. The molecule has 0 saturated carbocycles. The maximum Gasteiger partial charge on any atom is 0.251 e. The van der Waals surface area contributed by atoms with E-state index in [0.29, 0.717) is 18.1 Å². The quantitative estimate of drug-likeness (QED) is 0.574. The number of sulfonamides is 1. The molecule has 0 aliphatic carbocycles. The van der Waals surface area contributed by atoms with Crippen LogP contribution in [0.3, 0.4) is 0 Å². The largest absolute Gasteiger partial charge is 0.493 e. The Morgan fingerprint density at radius 1 is 1.21 bits per heavy atom. The van der Waals surface area contributed by atoms with Crippen molar-refractivity contribution in [1.82, 2.24) is 10.0 Å². The van der Waals surface area contributed by atoms with E-state index in [0.717, 1.165) is 17.7 Å². The number of ether oxygens (including phenoxy) is 2. The Morgan fingerprint density at radius 3 is 2.62 bits per heavy atom. The van der Waals surface area contributed by atoms with E-state index >= 15 is 0 Å². The fourth-order valence-corrected chi connectivity index (χ4v) is 3.58. The second-order valence-electron chi connectivity index (χ2n) is 5.89. The molecule has 2 N–H and O–H groups in total. The van der Waals surface area contributed by atoms with Crippen LogP contribution in [0, 0.1) is 5.82 Å². The van der Waals surface area contributed by atoms with Crippen LogP contribution in [0.5, 0.6) is 11.5 Å². The summed E-state index contributed by atoms with van der Waals surface area (Å²) in [5.41, 5.74) is 0.768. The lowest BCUT2D eigenvalue weighted by atomic mass is 10.1. The summed E-state index contributed by atoms with van der Waals surface area (Å²) < 4.78 is 51.2. The number of halogens is 1. The zero-order valence-electron chi connectivity index (χ0n) is 16.2. The van der Waals surface area contributed by atoms with Crippen molar-refractivity contribution in [3.8, 4) is 11.5 Å². The summed E-state index contributed by atoms with van der Waals surface area (Å²) in [4.78, 5) is 11.8. The lowest BCUT2D eigenvalue weighted by Gasteiger charge is -2.12. The Bertz CT molecular complexity index is 992. The fraction of sp³-hybridized carbons (Fsp3) is 0.250. The molecule has 0 aromatic heterocycles. The molecule has 0 saturated heterocycles. The molecule has 29 heavy (non-hydrogen) atoms. The Kier molecular flexibility index (Phi) is 7.74. The maximum absolute atomic E-state index is 14.0. The summed E-state index contributed by atoms with van der Waals surface area (Å²) >= 11 is 0. The predicted octanol–water partition coefficient (Wildman–Crippen LogP) is 2.63. The summed E-state index contributed by atoms with van der Waals surface area (Å²) in [5.74, 6) is -0.375. The minimum Gasteiger partial charge on any atom is -0.493 e. The van der Waals surface area contributed by atoms with Crippen molar-refractivity contribution in [2.45, 2.75) is 18.4 Å². The van der Waals surface area contributed by atoms with Gasteiger partial charge in [0.15, 0.2) is 11.5 Å². The van der Waals surface area contributed by atoms with Crippen molar-refractivity contribution in [1.29, 1.82) is 0 Å². The molecule has 0 aliphatic heterocycles. The van der Waals surface area contributed by atoms with Crippen molar-refractivity contribution in [3.05, 3.63) is 66.0 Å². The van der Waals surface area contributed by atoms with E-state index in [1.165, 1.54) is 19.3 Å². The van der Waals surface area contributed by atoms with Crippen LogP contribution in [0.4, 0.5) is 4.39 Å². The number of hydrogen-bond acceptors (Lipinski definition) is 5. The van der Waals surface area contributed by atoms with E-state index in [-0.39, 0.29) is 18.7 Å². The molecule has 2 aromatic carbocycles. The van der Waals surface area contributed by atoms with Crippen LogP contribution in [-0.4, -0.2) is 34.6 Å². The molecule has 0 bridgehead atoms. The highest BCUT2D eigenvalue weighted by atomic mass is 32.2. The zero-order chi connectivity index (χ0) is 21.4. The van der Waals surface area contributed by atoms with Gasteiger partial charge >= 0.3 is 0 Å². The Hall–Kier alpha value is -2.91. The van der Waals surface area contributed by atoms with Crippen LogP contribution in [0.1, 0.15) is 22.8 Å². The van der Waals surface area contributed by atoms with E-state index < -0.39 is 26.6 Å². The van der Waals surface area contributed by atoms with Gasteiger partial charge in [0.2, 0.25) is 10.0 Å². The van der Waals surface area contributed by atoms with Crippen LogP contribution >= 0.6 is 0 Å². The first-order valence-corrected chi connectivity index (χ1v) is 10.3. The molecule has 156 valence electrons. The van der Waals surface area contributed by atoms with Crippen molar-refractivity contribution >= 4 is 15.9 Å². The van der Waals surface area contributed by atoms with E-state index in [1.807, 2.05) is 6.92 Å². The van der Waals surface area contributed by atoms with Gasteiger partial charge < -0.3 is 14.8 Å². The lowest BCUT2D eigenvalue weighted by Crippen LogP contribution is -2.26. The molecule has 2 rings (SSSR count). The fourth-order valence-electron chi connectivity index (χ4n) is 2.48. The number of benzene rings is 2. The van der Waals surface area contributed by atoms with Gasteiger partial charge in [-0.2, -0.15) is 0 Å². The Labute approximate surface area is 169 Å². The Morgan fingerprint density at radius 2 is 1.97 bits per heavy atom. The monoisotopic (exact) mass is 422 g/mol. The van der Waals surface area contributed by atoms with Crippen LogP contribution in [0.25, 0.3) is 0 Å². The topological polar surface area (TPSA) is 93.7 Å². The van der Waals surface area contributed by atoms with Crippen molar-refractivity contribution in [3.63, 3.8) is 0 Å². The van der Waals surface area contributed by atoms with Gasteiger partial charge in [-0.1, -0.05) is 12.1 Å². The molecule has 0 aliphatic rings. The summed E-state index contributed by atoms with van der Waals surface area (Å²) in [6, 6.07) is 8.39. The molecule has 0 spiro atoms. The number of carbonyl (C=O) groups excluding carboxylic acids is 1. The van der Waals surface area contributed by atoms with E-state index in [1.54, 1.807) is 18.2 Å². The number of methoxy groups -OCH3 is 1.